The van der Waals surface area contributed by atoms with Crippen LogP contribution in [0.3, 0.4) is 0 Å². The third-order valence-electron chi connectivity index (χ3n) is 4.72. The first kappa shape index (κ1) is 16.9. The summed E-state index contributed by atoms with van der Waals surface area (Å²) in [7, 11) is 1.99. The predicted molar refractivity (Wildman–Crippen MR) is 117 cm³/mol. The van der Waals surface area contributed by atoms with Crippen LogP contribution in [0, 0.1) is 0 Å². The summed E-state index contributed by atoms with van der Waals surface area (Å²) in [5, 5.41) is 4.55. The first-order valence-corrected chi connectivity index (χ1v) is 9.70. The average Bonchev–Trinajstić information content (AvgIpc) is 3.24. The molecule has 6 heteroatoms. The van der Waals surface area contributed by atoms with E-state index in [4.69, 9.17) is 9.72 Å². The Hall–Kier alpha value is -3.25. The summed E-state index contributed by atoms with van der Waals surface area (Å²) in [4.78, 5) is 8.02. The van der Waals surface area contributed by atoms with Crippen molar-refractivity contribution in [2.24, 2.45) is 7.05 Å². The van der Waals surface area contributed by atoms with Crippen molar-refractivity contribution in [2.45, 2.75) is 0 Å². The standard InChI is InChI=1S/C22H17BrN4O/c1-27-21-12-16(28-15-5-3-2-4-6-15)8-10-19(21)25-22(27)26-20-13-24-18-9-7-14(23)11-17(18)20/h2-13,24H,1H3,(H,25,26). The van der Waals surface area contributed by atoms with Crippen LogP contribution in [-0.4, -0.2) is 14.5 Å². The Kier molecular flexibility index (Phi) is 4.06. The largest absolute Gasteiger partial charge is 0.457 e. The van der Waals surface area contributed by atoms with Crippen LogP contribution < -0.4 is 10.1 Å². The zero-order valence-corrected chi connectivity index (χ0v) is 16.7. The Labute approximate surface area is 170 Å². The number of nitrogens with one attached hydrogen (secondary N) is 2. The molecule has 0 amide bonds. The summed E-state index contributed by atoms with van der Waals surface area (Å²) in [6, 6.07) is 21.8. The predicted octanol–water partition coefficient (Wildman–Crippen LogP) is 6.35. The fraction of sp³-hybridized carbons (Fsp3) is 0.0455. The lowest BCUT2D eigenvalue weighted by Crippen LogP contribution is -1.98. The van der Waals surface area contributed by atoms with E-state index in [-0.39, 0.29) is 0 Å². The van der Waals surface area contributed by atoms with Crippen LogP contribution in [0.4, 0.5) is 11.6 Å². The van der Waals surface area contributed by atoms with Gasteiger partial charge in [-0.3, -0.25) is 0 Å². The molecule has 0 unspecified atom stereocenters. The number of rotatable bonds is 4. The summed E-state index contributed by atoms with van der Waals surface area (Å²) in [5.41, 5.74) is 3.96. The highest BCUT2D eigenvalue weighted by atomic mass is 79.9. The average molecular weight is 433 g/mol. The van der Waals surface area contributed by atoms with E-state index in [9.17, 15) is 0 Å². The highest BCUT2D eigenvalue weighted by Gasteiger charge is 2.12. The molecule has 3 aromatic carbocycles. The summed E-state index contributed by atoms with van der Waals surface area (Å²) < 4.78 is 9.02. The number of halogens is 1. The number of hydrogen-bond donors (Lipinski definition) is 2. The molecule has 0 aliphatic rings. The number of aromatic nitrogens is 3. The van der Waals surface area contributed by atoms with Gasteiger partial charge >= 0.3 is 0 Å². The lowest BCUT2D eigenvalue weighted by atomic mass is 10.2. The topological polar surface area (TPSA) is 54.9 Å². The van der Waals surface area contributed by atoms with E-state index < -0.39 is 0 Å². The number of nitrogens with zero attached hydrogens (tertiary/aromatic N) is 2. The molecule has 0 aliphatic carbocycles. The van der Waals surface area contributed by atoms with E-state index in [0.29, 0.717) is 0 Å². The summed E-state index contributed by atoms with van der Waals surface area (Å²) in [6.07, 6.45) is 1.96. The van der Waals surface area contributed by atoms with Crippen LogP contribution in [0.1, 0.15) is 0 Å². The van der Waals surface area contributed by atoms with Gasteiger partial charge in [-0.25, -0.2) is 4.98 Å². The highest BCUT2D eigenvalue weighted by molar-refractivity contribution is 9.10. The molecule has 2 aromatic heterocycles. The van der Waals surface area contributed by atoms with E-state index in [2.05, 4.69) is 32.3 Å². The summed E-state index contributed by atoms with van der Waals surface area (Å²) >= 11 is 3.54. The fourth-order valence-corrected chi connectivity index (χ4v) is 3.65. The number of aromatic amines is 1. The minimum Gasteiger partial charge on any atom is -0.457 e. The number of fused-ring (bicyclic) bond motifs is 2. The van der Waals surface area contributed by atoms with Crippen molar-refractivity contribution < 1.29 is 4.74 Å². The summed E-state index contributed by atoms with van der Waals surface area (Å²) in [6.45, 7) is 0. The van der Waals surface area contributed by atoms with Crippen molar-refractivity contribution in [1.82, 2.24) is 14.5 Å². The summed E-state index contributed by atoms with van der Waals surface area (Å²) in [5.74, 6) is 2.36. The van der Waals surface area contributed by atoms with Gasteiger partial charge in [-0.1, -0.05) is 34.1 Å². The van der Waals surface area contributed by atoms with Gasteiger partial charge in [-0.2, -0.15) is 0 Å². The molecule has 0 bridgehead atoms. The first-order chi connectivity index (χ1) is 13.7. The minimum atomic E-state index is 0.771. The van der Waals surface area contributed by atoms with E-state index in [0.717, 1.165) is 49.5 Å². The Morgan fingerprint density at radius 3 is 2.71 bits per heavy atom. The van der Waals surface area contributed by atoms with Gasteiger partial charge < -0.3 is 19.6 Å². The number of H-pyrrole nitrogens is 1. The quantitative estimate of drug-likeness (QED) is 0.347. The van der Waals surface area contributed by atoms with E-state index in [1.807, 2.05) is 78.5 Å². The van der Waals surface area contributed by atoms with E-state index >= 15 is 0 Å². The van der Waals surface area contributed by atoms with Crippen LogP contribution in [0.15, 0.2) is 77.4 Å². The second-order valence-electron chi connectivity index (χ2n) is 6.58. The molecule has 0 saturated heterocycles. The zero-order valence-electron chi connectivity index (χ0n) is 15.1. The lowest BCUT2D eigenvalue weighted by Gasteiger charge is -2.07. The van der Waals surface area contributed by atoms with Gasteiger partial charge in [0.1, 0.15) is 11.5 Å². The number of aryl methyl sites for hydroxylation is 1. The number of imidazole rings is 1. The molecule has 0 saturated carbocycles. The molecule has 0 aliphatic heterocycles. The van der Waals surface area contributed by atoms with Gasteiger partial charge in [-0.15, -0.1) is 0 Å². The Morgan fingerprint density at radius 1 is 1.00 bits per heavy atom. The van der Waals surface area contributed by atoms with Crippen LogP contribution in [-0.2, 0) is 7.05 Å². The van der Waals surface area contributed by atoms with Crippen molar-refractivity contribution >= 4 is 49.5 Å². The Morgan fingerprint density at radius 2 is 1.86 bits per heavy atom. The Bertz CT molecular complexity index is 1290. The number of para-hydroxylation sites is 1. The number of ether oxygens (including phenoxy) is 1. The van der Waals surface area contributed by atoms with Crippen molar-refractivity contribution in [3.63, 3.8) is 0 Å². The second kappa shape index (κ2) is 6.73. The normalized spacial score (nSPS) is 11.2. The monoisotopic (exact) mass is 432 g/mol. The SMILES string of the molecule is Cn1c(Nc2c[nH]c3ccc(Br)cc23)nc2ccc(Oc3ccccc3)cc21. The van der Waals surface area contributed by atoms with E-state index in [1.54, 1.807) is 0 Å². The molecule has 0 fully saturated rings. The lowest BCUT2D eigenvalue weighted by molar-refractivity contribution is 0.483. The molecule has 5 aromatic rings. The second-order valence-corrected chi connectivity index (χ2v) is 7.49. The van der Waals surface area contributed by atoms with Gasteiger partial charge in [0.05, 0.1) is 16.7 Å². The van der Waals surface area contributed by atoms with Gasteiger partial charge in [0.25, 0.3) is 0 Å². The van der Waals surface area contributed by atoms with Gasteiger partial charge in [0, 0.05) is 34.7 Å². The van der Waals surface area contributed by atoms with Crippen molar-refractivity contribution in [3.8, 4) is 11.5 Å². The Balaban J connectivity index is 1.50. The number of anilines is 2. The smallest absolute Gasteiger partial charge is 0.208 e. The third-order valence-corrected chi connectivity index (χ3v) is 5.21. The minimum absolute atomic E-state index is 0.771. The van der Waals surface area contributed by atoms with E-state index in [1.165, 1.54) is 0 Å². The molecule has 138 valence electrons. The number of benzene rings is 3. The maximum absolute atomic E-state index is 5.96. The molecular weight excluding hydrogens is 416 g/mol. The van der Waals surface area contributed by atoms with Crippen LogP contribution >= 0.6 is 15.9 Å². The third kappa shape index (κ3) is 3.01. The van der Waals surface area contributed by atoms with Gasteiger partial charge in [0.2, 0.25) is 5.95 Å². The molecule has 0 radical (unpaired) electrons. The first-order valence-electron chi connectivity index (χ1n) is 8.90. The molecule has 2 heterocycles. The maximum atomic E-state index is 5.96. The molecule has 28 heavy (non-hydrogen) atoms. The molecular formula is C22H17BrN4O. The van der Waals surface area contributed by atoms with Gasteiger partial charge in [0.15, 0.2) is 0 Å². The van der Waals surface area contributed by atoms with Gasteiger partial charge in [-0.05, 0) is 42.5 Å². The number of hydrogen-bond acceptors (Lipinski definition) is 3. The molecule has 5 nitrogen and oxygen atoms in total. The fourth-order valence-electron chi connectivity index (χ4n) is 3.29. The van der Waals surface area contributed by atoms with Crippen LogP contribution in [0.5, 0.6) is 11.5 Å². The molecule has 5 rings (SSSR count). The maximum Gasteiger partial charge on any atom is 0.208 e. The van der Waals surface area contributed by atoms with Crippen molar-refractivity contribution in [1.29, 1.82) is 0 Å². The van der Waals surface area contributed by atoms with Crippen molar-refractivity contribution in [2.75, 3.05) is 5.32 Å². The molecule has 0 spiro atoms. The molecule has 0 atom stereocenters. The van der Waals surface area contributed by atoms with Crippen LogP contribution in [0.25, 0.3) is 21.9 Å². The molecule has 2 N–H and O–H groups in total. The zero-order chi connectivity index (χ0) is 19.1. The van der Waals surface area contributed by atoms with Crippen LogP contribution in [0.2, 0.25) is 0 Å². The van der Waals surface area contributed by atoms with Crippen molar-refractivity contribution in [3.05, 3.63) is 77.4 Å². The highest BCUT2D eigenvalue weighted by Crippen LogP contribution is 2.31.